The number of nitrogens with zero attached hydrogens (tertiary/aromatic N) is 1. The fourth-order valence-electron chi connectivity index (χ4n) is 2.33. The molecule has 0 bridgehead atoms. The number of aromatic nitrogens is 1. The van der Waals surface area contributed by atoms with Crippen molar-refractivity contribution < 1.29 is 4.79 Å². The molecule has 1 aliphatic carbocycles. The van der Waals surface area contributed by atoms with Crippen molar-refractivity contribution in [1.29, 1.82) is 0 Å². The van der Waals surface area contributed by atoms with Crippen LogP contribution in [0.4, 0.5) is 10.9 Å². The Morgan fingerprint density at radius 1 is 1.50 bits per heavy atom. The van der Waals surface area contributed by atoms with Crippen LogP contribution in [-0.2, 0) is 0 Å². The maximum Gasteiger partial charge on any atom is 0.265 e. The van der Waals surface area contributed by atoms with Crippen LogP contribution in [0, 0.1) is 0 Å². The minimum atomic E-state index is -0.0986. The van der Waals surface area contributed by atoms with Gasteiger partial charge in [-0.05, 0) is 26.7 Å². The highest BCUT2D eigenvalue weighted by Gasteiger charge is 2.31. The average molecular weight is 268 g/mol. The van der Waals surface area contributed by atoms with E-state index in [1.54, 1.807) is 0 Å². The highest BCUT2D eigenvalue weighted by Crippen LogP contribution is 2.31. The molecule has 0 spiro atoms. The molecule has 5 nitrogen and oxygen atoms in total. The second kappa shape index (κ2) is 5.14. The number of hydrogen-bond donors (Lipinski definition) is 3. The first-order valence-electron chi connectivity index (χ1n) is 6.37. The van der Waals surface area contributed by atoms with Gasteiger partial charge < -0.3 is 16.4 Å². The Labute approximate surface area is 111 Å². The highest BCUT2D eigenvalue weighted by molar-refractivity contribution is 7.18. The van der Waals surface area contributed by atoms with Crippen LogP contribution in [0.2, 0.25) is 0 Å². The summed E-state index contributed by atoms with van der Waals surface area (Å²) in [7, 11) is 0. The first kappa shape index (κ1) is 13.1. The quantitative estimate of drug-likeness (QED) is 0.782. The zero-order valence-corrected chi connectivity index (χ0v) is 11.7. The molecule has 1 aliphatic rings. The zero-order valence-electron chi connectivity index (χ0n) is 10.9. The summed E-state index contributed by atoms with van der Waals surface area (Å²) in [5, 5.41) is 6.87. The average Bonchev–Trinajstić information content (AvgIpc) is 2.86. The third-order valence-electron chi connectivity index (χ3n) is 3.31. The molecule has 0 aromatic carbocycles. The first-order chi connectivity index (χ1) is 8.54. The Hall–Kier alpha value is -1.30. The Morgan fingerprint density at radius 3 is 2.78 bits per heavy atom. The molecule has 4 N–H and O–H groups in total. The smallest absolute Gasteiger partial charge is 0.265 e. The van der Waals surface area contributed by atoms with Gasteiger partial charge in [0, 0.05) is 12.1 Å². The van der Waals surface area contributed by atoms with Crippen LogP contribution in [0.5, 0.6) is 0 Å². The molecular weight excluding hydrogens is 248 g/mol. The van der Waals surface area contributed by atoms with Crippen LogP contribution < -0.4 is 16.4 Å². The lowest BCUT2D eigenvalue weighted by atomic mass is 10.0. The molecule has 1 fully saturated rings. The second-order valence-corrected chi connectivity index (χ2v) is 5.98. The van der Waals surface area contributed by atoms with Crippen LogP contribution in [-0.4, -0.2) is 23.0 Å². The summed E-state index contributed by atoms with van der Waals surface area (Å²) in [6.07, 6.45) is 4.43. The number of rotatable bonds is 4. The monoisotopic (exact) mass is 268 g/mol. The van der Waals surface area contributed by atoms with Crippen LogP contribution in [0.25, 0.3) is 0 Å². The maximum absolute atomic E-state index is 12.2. The summed E-state index contributed by atoms with van der Waals surface area (Å²) in [5.41, 5.74) is 5.71. The molecule has 1 aromatic heterocycles. The minimum Gasteiger partial charge on any atom is -0.382 e. The van der Waals surface area contributed by atoms with E-state index in [-0.39, 0.29) is 11.4 Å². The third kappa shape index (κ3) is 2.75. The fraction of sp³-hybridized carbons (Fsp3) is 0.667. The van der Waals surface area contributed by atoms with Crippen LogP contribution in [0.3, 0.4) is 0 Å². The molecule has 100 valence electrons. The Kier molecular flexibility index (Phi) is 3.75. The molecule has 1 amide bonds. The van der Waals surface area contributed by atoms with Crippen molar-refractivity contribution in [3.8, 4) is 0 Å². The molecule has 0 unspecified atom stereocenters. The van der Waals surface area contributed by atoms with Crippen molar-refractivity contribution in [1.82, 2.24) is 10.3 Å². The first-order valence-corrected chi connectivity index (χ1v) is 7.18. The Bertz CT molecular complexity index is 437. The molecule has 18 heavy (non-hydrogen) atoms. The van der Waals surface area contributed by atoms with Gasteiger partial charge in [0.1, 0.15) is 10.7 Å². The topological polar surface area (TPSA) is 80.0 Å². The van der Waals surface area contributed by atoms with E-state index in [0.29, 0.717) is 15.8 Å². The molecule has 6 heteroatoms. The minimum absolute atomic E-state index is 0.0775. The van der Waals surface area contributed by atoms with Gasteiger partial charge in [-0.25, -0.2) is 4.98 Å². The Morgan fingerprint density at radius 2 is 2.17 bits per heavy atom. The van der Waals surface area contributed by atoms with E-state index >= 15 is 0 Å². The van der Waals surface area contributed by atoms with Crippen molar-refractivity contribution in [2.24, 2.45) is 0 Å². The van der Waals surface area contributed by atoms with E-state index in [4.69, 9.17) is 5.73 Å². The summed E-state index contributed by atoms with van der Waals surface area (Å²) >= 11 is 1.31. The lowest BCUT2D eigenvalue weighted by Gasteiger charge is -2.24. The van der Waals surface area contributed by atoms with E-state index < -0.39 is 0 Å². The molecule has 1 aromatic rings. The summed E-state index contributed by atoms with van der Waals surface area (Å²) < 4.78 is 0. The van der Waals surface area contributed by atoms with Gasteiger partial charge in [0.25, 0.3) is 5.91 Å². The van der Waals surface area contributed by atoms with Crippen molar-refractivity contribution in [3.63, 3.8) is 0 Å². The van der Waals surface area contributed by atoms with E-state index in [2.05, 4.69) is 22.5 Å². The molecule has 0 atom stereocenters. The van der Waals surface area contributed by atoms with Crippen molar-refractivity contribution >= 4 is 28.2 Å². The fourth-order valence-corrected chi connectivity index (χ4v) is 3.18. The van der Waals surface area contributed by atoms with Crippen LogP contribution in [0.1, 0.15) is 49.2 Å². The number of thiazole rings is 1. The van der Waals surface area contributed by atoms with E-state index in [0.717, 1.165) is 19.4 Å². The molecule has 1 saturated carbocycles. The third-order valence-corrected chi connectivity index (χ3v) is 4.34. The largest absolute Gasteiger partial charge is 0.382 e. The van der Waals surface area contributed by atoms with E-state index in [1.165, 1.54) is 24.2 Å². The SMILES string of the molecule is CCNc1nc(N)c(C(=O)NC2(C)CCCC2)s1. The normalized spacial score (nSPS) is 17.7. The van der Waals surface area contributed by atoms with Crippen molar-refractivity contribution in [2.45, 2.75) is 45.1 Å². The lowest BCUT2D eigenvalue weighted by Crippen LogP contribution is -2.43. The molecule has 1 heterocycles. The van der Waals surface area contributed by atoms with E-state index in [1.807, 2.05) is 6.92 Å². The van der Waals surface area contributed by atoms with Gasteiger partial charge in [-0.3, -0.25) is 4.79 Å². The second-order valence-electron chi connectivity index (χ2n) is 4.99. The standard InChI is InChI=1S/C12H20N4OS/c1-3-14-11-15-9(13)8(18-11)10(17)16-12(2)6-4-5-7-12/h3-7,13H2,1-2H3,(H,14,15)(H,16,17). The van der Waals surface area contributed by atoms with Gasteiger partial charge in [0.05, 0.1) is 0 Å². The summed E-state index contributed by atoms with van der Waals surface area (Å²) in [5.74, 6) is 0.216. The van der Waals surface area contributed by atoms with Gasteiger partial charge in [0.15, 0.2) is 5.13 Å². The van der Waals surface area contributed by atoms with Crippen LogP contribution in [0.15, 0.2) is 0 Å². The number of carbonyl (C=O) groups is 1. The van der Waals surface area contributed by atoms with Gasteiger partial charge in [-0.2, -0.15) is 0 Å². The summed E-state index contributed by atoms with van der Waals surface area (Å²) in [4.78, 5) is 16.9. The Balaban J connectivity index is 2.08. The van der Waals surface area contributed by atoms with Crippen molar-refractivity contribution in [2.75, 3.05) is 17.6 Å². The summed E-state index contributed by atoms with van der Waals surface area (Å²) in [6, 6.07) is 0. The van der Waals surface area contributed by atoms with E-state index in [9.17, 15) is 4.79 Å². The van der Waals surface area contributed by atoms with Gasteiger partial charge in [-0.1, -0.05) is 24.2 Å². The van der Waals surface area contributed by atoms with Crippen molar-refractivity contribution in [3.05, 3.63) is 4.88 Å². The van der Waals surface area contributed by atoms with Gasteiger partial charge >= 0.3 is 0 Å². The number of hydrogen-bond acceptors (Lipinski definition) is 5. The van der Waals surface area contributed by atoms with Gasteiger partial charge in [0.2, 0.25) is 0 Å². The number of nitrogens with one attached hydrogen (secondary N) is 2. The number of carbonyl (C=O) groups excluding carboxylic acids is 1. The number of anilines is 2. The number of nitrogen functional groups attached to an aromatic ring is 1. The lowest BCUT2D eigenvalue weighted by molar-refractivity contribution is 0.0913. The van der Waals surface area contributed by atoms with Crippen LogP contribution >= 0.6 is 11.3 Å². The predicted molar refractivity (Wildman–Crippen MR) is 75.0 cm³/mol. The molecular formula is C12H20N4OS. The molecule has 0 radical (unpaired) electrons. The number of amides is 1. The molecule has 2 rings (SSSR count). The van der Waals surface area contributed by atoms with Gasteiger partial charge in [-0.15, -0.1) is 0 Å². The number of nitrogens with two attached hydrogens (primary N) is 1. The summed E-state index contributed by atoms with van der Waals surface area (Å²) in [6.45, 7) is 4.85. The molecule has 0 aliphatic heterocycles. The maximum atomic E-state index is 12.2. The molecule has 0 saturated heterocycles. The zero-order chi connectivity index (χ0) is 13.2. The predicted octanol–water partition coefficient (Wildman–Crippen LogP) is 2.22. The highest BCUT2D eigenvalue weighted by atomic mass is 32.1.